The van der Waals surface area contributed by atoms with E-state index in [9.17, 15) is 9.59 Å². The second kappa shape index (κ2) is 8.55. The highest BCUT2D eigenvalue weighted by atomic mass is 16.4. The van der Waals surface area contributed by atoms with Crippen LogP contribution in [0.25, 0.3) is 16.9 Å². The first-order valence-corrected chi connectivity index (χ1v) is 10.3. The fourth-order valence-electron chi connectivity index (χ4n) is 3.63. The number of carboxylic acid groups (broad SMARTS) is 1. The molecule has 1 unspecified atom stereocenters. The van der Waals surface area contributed by atoms with Crippen LogP contribution in [0, 0.1) is 13.8 Å². The summed E-state index contributed by atoms with van der Waals surface area (Å²) >= 11 is 0. The summed E-state index contributed by atoms with van der Waals surface area (Å²) in [6.45, 7) is 5.50. The van der Waals surface area contributed by atoms with E-state index in [1.807, 2.05) is 73.0 Å². The van der Waals surface area contributed by atoms with Crippen LogP contribution >= 0.6 is 0 Å². The normalized spacial score (nSPS) is 11.8. The van der Waals surface area contributed by atoms with Gasteiger partial charge in [-0.25, -0.2) is 4.98 Å². The second-order valence-corrected chi connectivity index (χ2v) is 7.72. The van der Waals surface area contributed by atoms with E-state index in [1.165, 1.54) is 6.92 Å². The monoisotopic (exact) mass is 428 g/mol. The van der Waals surface area contributed by atoms with Crippen LogP contribution < -0.4 is 10.6 Å². The van der Waals surface area contributed by atoms with Crippen molar-refractivity contribution in [2.75, 3.05) is 5.32 Å². The fraction of sp³-hybridized carbons (Fsp3) is 0.160. The number of pyridine rings is 1. The highest BCUT2D eigenvalue weighted by molar-refractivity contribution is 6.02. The van der Waals surface area contributed by atoms with Gasteiger partial charge >= 0.3 is 5.97 Å². The molecule has 0 radical (unpaired) electrons. The summed E-state index contributed by atoms with van der Waals surface area (Å²) in [6, 6.07) is 18.2. The number of carbonyl (C=O) groups excluding carboxylic acids is 1. The number of para-hydroxylation sites is 1. The van der Waals surface area contributed by atoms with E-state index in [-0.39, 0.29) is 0 Å². The molecule has 4 rings (SSSR count). The summed E-state index contributed by atoms with van der Waals surface area (Å²) in [5.74, 6) is -0.866. The van der Waals surface area contributed by atoms with Gasteiger partial charge in [-0.3, -0.25) is 14.0 Å². The lowest BCUT2D eigenvalue weighted by Crippen LogP contribution is -2.38. The van der Waals surface area contributed by atoms with Gasteiger partial charge in [0.1, 0.15) is 17.6 Å². The Morgan fingerprint density at radius 3 is 2.31 bits per heavy atom. The van der Waals surface area contributed by atoms with Crippen LogP contribution in [0.2, 0.25) is 0 Å². The number of aliphatic carboxylic acids is 1. The molecule has 3 N–H and O–H groups in total. The lowest BCUT2D eigenvalue weighted by atomic mass is 10.1. The molecule has 2 aromatic carbocycles. The maximum atomic E-state index is 12.8. The third-order valence-electron chi connectivity index (χ3n) is 5.38. The first-order chi connectivity index (χ1) is 15.4. The minimum Gasteiger partial charge on any atom is -0.480 e. The number of nitrogens with one attached hydrogen (secondary N) is 2. The van der Waals surface area contributed by atoms with Gasteiger partial charge in [-0.2, -0.15) is 0 Å². The SMILES string of the molecule is Cc1cccc(C)c1Nc1c(-c2ccccc2)nc2c(C(=O)NC(C)C(=O)O)cccn12. The number of nitrogens with zero attached hydrogens (tertiary/aromatic N) is 2. The molecule has 7 heteroatoms. The zero-order valence-corrected chi connectivity index (χ0v) is 18.1. The number of aryl methyl sites for hydroxylation is 2. The van der Waals surface area contributed by atoms with Gasteiger partial charge in [0, 0.05) is 17.4 Å². The number of carbonyl (C=O) groups is 2. The van der Waals surface area contributed by atoms with Crippen LogP contribution in [-0.2, 0) is 4.79 Å². The van der Waals surface area contributed by atoms with Crippen LogP contribution in [0.3, 0.4) is 0 Å². The molecule has 4 aromatic rings. The van der Waals surface area contributed by atoms with E-state index >= 15 is 0 Å². The van der Waals surface area contributed by atoms with E-state index < -0.39 is 17.9 Å². The molecule has 1 amide bonds. The second-order valence-electron chi connectivity index (χ2n) is 7.72. The molecule has 0 spiro atoms. The molecule has 0 aliphatic rings. The minimum absolute atomic E-state index is 0.298. The van der Waals surface area contributed by atoms with E-state index in [0.717, 1.165) is 28.2 Å². The molecule has 1 atom stereocenters. The van der Waals surface area contributed by atoms with Gasteiger partial charge in [-0.1, -0.05) is 48.5 Å². The summed E-state index contributed by atoms with van der Waals surface area (Å²) in [6.07, 6.45) is 1.84. The van der Waals surface area contributed by atoms with Crippen molar-refractivity contribution in [3.05, 3.63) is 83.6 Å². The number of rotatable bonds is 6. The molecule has 0 aliphatic heterocycles. The zero-order valence-electron chi connectivity index (χ0n) is 18.1. The molecular formula is C25H24N4O3. The van der Waals surface area contributed by atoms with Crippen molar-refractivity contribution in [2.24, 2.45) is 0 Å². The van der Waals surface area contributed by atoms with Gasteiger partial charge < -0.3 is 15.7 Å². The summed E-state index contributed by atoms with van der Waals surface area (Å²) in [4.78, 5) is 28.8. The smallest absolute Gasteiger partial charge is 0.325 e. The summed E-state index contributed by atoms with van der Waals surface area (Å²) in [5.41, 5.74) is 5.48. The molecule has 0 saturated carbocycles. The van der Waals surface area contributed by atoms with Crippen LogP contribution in [0.1, 0.15) is 28.4 Å². The van der Waals surface area contributed by atoms with Gasteiger partial charge in [0.05, 0.1) is 5.56 Å². The molecular weight excluding hydrogens is 404 g/mol. The molecule has 0 fully saturated rings. The Labute approximate surface area is 185 Å². The van der Waals surface area contributed by atoms with Crippen LogP contribution in [0.15, 0.2) is 66.9 Å². The first kappa shape index (κ1) is 21.1. The largest absolute Gasteiger partial charge is 0.480 e. The van der Waals surface area contributed by atoms with Crippen molar-refractivity contribution in [1.29, 1.82) is 0 Å². The van der Waals surface area contributed by atoms with E-state index in [4.69, 9.17) is 10.1 Å². The number of carboxylic acids is 1. The average Bonchev–Trinajstić information content (AvgIpc) is 3.15. The fourth-order valence-corrected chi connectivity index (χ4v) is 3.63. The van der Waals surface area contributed by atoms with Crippen LogP contribution in [0.4, 0.5) is 11.5 Å². The highest BCUT2D eigenvalue weighted by Crippen LogP contribution is 2.34. The van der Waals surface area contributed by atoms with Crippen molar-refractivity contribution in [2.45, 2.75) is 26.8 Å². The number of hydrogen-bond acceptors (Lipinski definition) is 4. The number of imidazole rings is 1. The molecule has 2 heterocycles. The maximum absolute atomic E-state index is 12.8. The number of hydrogen-bond donors (Lipinski definition) is 3. The number of benzene rings is 2. The predicted molar refractivity (Wildman–Crippen MR) is 124 cm³/mol. The van der Waals surface area contributed by atoms with E-state index in [2.05, 4.69) is 10.6 Å². The summed E-state index contributed by atoms with van der Waals surface area (Å²) in [7, 11) is 0. The molecule has 7 nitrogen and oxygen atoms in total. The number of amides is 1. The van der Waals surface area contributed by atoms with Gasteiger partial charge in [0.15, 0.2) is 5.65 Å². The van der Waals surface area contributed by atoms with Gasteiger partial charge in [0.25, 0.3) is 5.91 Å². The summed E-state index contributed by atoms with van der Waals surface area (Å²) in [5, 5.41) is 15.2. The molecule has 2 aromatic heterocycles. The Morgan fingerprint density at radius 1 is 0.969 bits per heavy atom. The van der Waals surface area contributed by atoms with Gasteiger partial charge in [-0.05, 0) is 44.0 Å². The van der Waals surface area contributed by atoms with Crippen LogP contribution in [0.5, 0.6) is 0 Å². The Balaban J connectivity index is 1.90. The Bertz CT molecular complexity index is 1290. The lowest BCUT2D eigenvalue weighted by Gasteiger charge is -2.14. The Kier molecular flexibility index (Phi) is 5.64. The number of fused-ring (bicyclic) bond motifs is 1. The topological polar surface area (TPSA) is 95.7 Å². The van der Waals surface area contributed by atoms with Crippen molar-refractivity contribution < 1.29 is 14.7 Å². The Hall–Kier alpha value is -4.13. The van der Waals surface area contributed by atoms with Gasteiger partial charge in [-0.15, -0.1) is 0 Å². The van der Waals surface area contributed by atoms with E-state index in [0.29, 0.717) is 16.9 Å². The lowest BCUT2D eigenvalue weighted by molar-refractivity contribution is -0.138. The number of anilines is 2. The molecule has 32 heavy (non-hydrogen) atoms. The highest BCUT2D eigenvalue weighted by Gasteiger charge is 2.22. The van der Waals surface area contributed by atoms with E-state index in [1.54, 1.807) is 12.1 Å². The standard InChI is InChI=1S/C25H24N4O3/c1-15-9-7-10-16(2)20(15)27-23-21(18-11-5-4-6-12-18)28-22-19(13-8-14-29(22)23)24(30)26-17(3)25(31)32/h4-14,17,27H,1-3H3,(H,26,30)(H,31,32). The third-order valence-corrected chi connectivity index (χ3v) is 5.38. The van der Waals surface area contributed by atoms with Crippen molar-refractivity contribution in [3.8, 4) is 11.3 Å². The predicted octanol–water partition coefficient (Wildman–Crippen LogP) is 4.56. The maximum Gasteiger partial charge on any atom is 0.325 e. The molecule has 0 saturated heterocycles. The van der Waals surface area contributed by atoms with Crippen LogP contribution in [-0.4, -0.2) is 32.4 Å². The summed E-state index contributed by atoms with van der Waals surface area (Å²) < 4.78 is 1.83. The molecule has 0 bridgehead atoms. The van der Waals surface area contributed by atoms with Crippen molar-refractivity contribution >= 4 is 29.0 Å². The third kappa shape index (κ3) is 3.92. The first-order valence-electron chi connectivity index (χ1n) is 10.3. The average molecular weight is 428 g/mol. The quantitative estimate of drug-likeness (QED) is 0.418. The molecule has 0 aliphatic carbocycles. The van der Waals surface area contributed by atoms with Crippen molar-refractivity contribution in [3.63, 3.8) is 0 Å². The number of aromatic nitrogens is 2. The minimum atomic E-state index is -1.10. The van der Waals surface area contributed by atoms with Crippen molar-refractivity contribution in [1.82, 2.24) is 14.7 Å². The molecule has 162 valence electrons. The Morgan fingerprint density at radius 2 is 1.66 bits per heavy atom. The zero-order chi connectivity index (χ0) is 22.8. The van der Waals surface area contributed by atoms with Gasteiger partial charge in [0.2, 0.25) is 0 Å².